The van der Waals surface area contributed by atoms with Gasteiger partial charge >= 0.3 is 6.03 Å². The number of halogens is 1. The van der Waals surface area contributed by atoms with Crippen LogP contribution in [0.4, 0.5) is 16.2 Å². The number of sulfonamides is 1. The van der Waals surface area contributed by atoms with Crippen molar-refractivity contribution in [3.05, 3.63) is 47.5 Å². The number of methoxy groups -OCH3 is 1. The second-order valence-electron chi connectivity index (χ2n) is 6.10. The van der Waals surface area contributed by atoms with E-state index in [1.807, 2.05) is 0 Å². The first kappa shape index (κ1) is 19.3. The molecule has 1 aliphatic rings. The van der Waals surface area contributed by atoms with Gasteiger partial charge in [0.05, 0.1) is 22.7 Å². The van der Waals surface area contributed by atoms with Crippen LogP contribution in [0.1, 0.15) is 12.8 Å². The van der Waals surface area contributed by atoms with Crippen LogP contribution < -0.4 is 14.8 Å². The minimum Gasteiger partial charge on any atom is -0.495 e. The van der Waals surface area contributed by atoms with E-state index in [1.54, 1.807) is 29.2 Å². The van der Waals surface area contributed by atoms with Crippen LogP contribution in [-0.4, -0.2) is 39.5 Å². The monoisotopic (exact) mass is 409 g/mol. The summed E-state index contributed by atoms with van der Waals surface area (Å²) in [5.74, 6) is 0.456. The summed E-state index contributed by atoms with van der Waals surface area (Å²) < 4.78 is 32.6. The number of nitrogens with zero attached hydrogens (tertiary/aromatic N) is 1. The summed E-state index contributed by atoms with van der Waals surface area (Å²) in [5, 5.41) is 3.08. The van der Waals surface area contributed by atoms with Gasteiger partial charge in [0.25, 0.3) is 10.0 Å². The summed E-state index contributed by atoms with van der Waals surface area (Å²) in [6.07, 6.45) is 2.01. The predicted molar refractivity (Wildman–Crippen MR) is 105 cm³/mol. The molecule has 0 unspecified atom stereocenters. The number of likely N-dealkylation sites (tertiary alicyclic amines) is 1. The molecular weight excluding hydrogens is 390 g/mol. The smallest absolute Gasteiger partial charge is 0.321 e. The molecule has 3 rings (SSSR count). The van der Waals surface area contributed by atoms with E-state index in [1.165, 1.54) is 25.3 Å². The molecule has 27 heavy (non-hydrogen) atoms. The van der Waals surface area contributed by atoms with Crippen LogP contribution in [0.2, 0.25) is 5.02 Å². The van der Waals surface area contributed by atoms with Crippen molar-refractivity contribution in [3.8, 4) is 5.75 Å². The van der Waals surface area contributed by atoms with Crippen molar-refractivity contribution >= 4 is 39.0 Å². The van der Waals surface area contributed by atoms with Crippen molar-refractivity contribution in [2.75, 3.05) is 30.2 Å². The topological polar surface area (TPSA) is 87.7 Å². The van der Waals surface area contributed by atoms with E-state index in [0.29, 0.717) is 22.1 Å². The van der Waals surface area contributed by atoms with Gasteiger partial charge in [0.1, 0.15) is 5.75 Å². The Morgan fingerprint density at radius 3 is 2.30 bits per heavy atom. The van der Waals surface area contributed by atoms with Crippen molar-refractivity contribution in [1.29, 1.82) is 0 Å². The number of urea groups is 1. The summed E-state index contributed by atoms with van der Waals surface area (Å²) in [7, 11) is -2.30. The Labute approximate surface area is 163 Å². The molecule has 0 atom stereocenters. The maximum Gasteiger partial charge on any atom is 0.321 e. The second kappa shape index (κ2) is 8.06. The Balaban J connectivity index is 1.69. The van der Waals surface area contributed by atoms with Gasteiger partial charge in [-0.25, -0.2) is 13.2 Å². The number of rotatable bonds is 5. The largest absolute Gasteiger partial charge is 0.495 e. The Hall–Kier alpha value is -2.45. The number of carbonyl (C=O) groups excluding carboxylic acids is 1. The third-order valence-corrected chi connectivity index (χ3v) is 5.91. The minimum atomic E-state index is -3.78. The summed E-state index contributed by atoms with van der Waals surface area (Å²) >= 11 is 6.02. The van der Waals surface area contributed by atoms with Crippen LogP contribution in [0.5, 0.6) is 5.75 Å². The molecule has 1 saturated heterocycles. The van der Waals surface area contributed by atoms with E-state index in [9.17, 15) is 13.2 Å². The Bertz CT molecular complexity index is 926. The van der Waals surface area contributed by atoms with Gasteiger partial charge in [-0.05, 0) is 55.3 Å². The standard InChI is InChI=1S/C18H20ClN3O4S/c1-26-17-9-6-14(12-16(17)19)21-27(24,25)15-7-4-13(5-8-15)20-18(23)22-10-2-3-11-22/h4-9,12,21H,2-3,10-11H2,1H3,(H,20,23). The van der Waals surface area contributed by atoms with Crippen molar-refractivity contribution < 1.29 is 17.9 Å². The van der Waals surface area contributed by atoms with Gasteiger partial charge in [-0.2, -0.15) is 0 Å². The van der Waals surface area contributed by atoms with Crippen LogP contribution in [0, 0.1) is 0 Å². The van der Waals surface area contributed by atoms with Crippen molar-refractivity contribution in [3.63, 3.8) is 0 Å². The maximum absolute atomic E-state index is 12.5. The second-order valence-corrected chi connectivity index (χ2v) is 8.19. The van der Waals surface area contributed by atoms with Gasteiger partial charge in [-0.3, -0.25) is 4.72 Å². The molecule has 0 spiro atoms. The maximum atomic E-state index is 12.5. The van der Waals surface area contributed by atoms with E-state index >= 15 is 0 Å². The van der Waals surface area contributed by atoms with Gasteiger partial charge in [-0.15, -0.1) is 0 Å². The van der Waals surface area contributed by atoms with E-state index in [-0.39, 0.29) is 10.9 Å². The highest BCUT2D eigenvalue weighted by Gasteiger charge is 2.19. The number of amides is 2. The Morgan fingerprint density at radius 2 is 1.70 bits per heavy atom. The van der Waals surface area contributed by atoms with E-state index in [2.05, 4.69) is 10.0 Å². The van der Waals surface area contributed by atoms with Crippen LogP contribution in [-0.2, 0) is 10.0 Å². The molecule has 0 saturated carbocycles. The fourth-order valence-electron chi connectivity index (χ4n) is 2.78. The molecule has 2 aromatic carbocycles. The highest BCUT2D eigenvalue weighted by Crippen LogP contribution is 2.28. The van der Waals surface area contributed by atoms with Crippen molar-refractivity contribution in [2.24, 2.45) is 0 Å². The molecule has 0 aliphatic carbocycles. The average molecular weight is 410 g/mol. The van der Waals surface area contributed by atoms with Crippen molar-refractivity contribution in [1.82, 2.24) is 4.90 Å². The first-order valence-corrected chi connectivity index (χ1v) is 10.3. The summed E-state index contributed by atoms with van der Waals surface area (Å²) in [4.78, 5) is 13.9. The fraction of sp³-hybridized carbons (Fsp3) is 0.278. The van der Waals surface area contributed by atoms with Crippen molar-refractivity contribution in [2.45, 2.75) is 17.7 Å². The molecule has 144 valence electrons. The first-order chi connectivity index (χ1) is 12.9. The lowest BCUT2D eigenvalue weighted by Crippen LogP contribution is -2.32. The SMILES string of the molecule is COc1ccc(NS(=O)(=O)c2ccc(NC(=O)N3CCCC3)cc2)cc1Cl. The summed E-state index contributed by atoms with van der Waals surface area (Å²) in [6, 6.07) is 10.4. The number of anilines is 2. The number of nitrogens with one attached hydrogen (secondary N) is 2. The fourth-order valence-corrected chi connectivity index (χ4v) is 4.09. The molecule has 2 N–H and O–H groups in total. The summed E-state index contributed by atoms with van der Waals surface area (Å²) in [5.41, 5.74) is 0.866. The van der Waals surface area contributed by atoms with E-state index in [0.717, 1.165) is 25.9 Å². The third-order valence-electron chi connectivity index (χ3n) is 4.21. The molecule has 0 radical (unpaired) electrons. The van der Waals surface area contributed by atoms with Crippen LogP contribution >= 0.6 is 11.6 Å². The molecule has 7 nitrogen and oxygen atoms in total. The van der Waals surface area contributed by atoms with E-state index in [4.69, 9.17) is 16.3 Å². The zero-order chi connectivity index (χ0) is 19.4. The molecule has 9 heteroatoms. The lowest BCUT2D eigenvalue weighted by atomic mass is 10.3. The van der Waals surface area contributed by atoms with Gasteiger partial charge in [0.15, 0.2) is 0 Å². The molecule has 2 amide bonds. The number of carbonyl (C=O) groups is 1. The van der Waals surface area contributed by atoms with Crippen LogP contribution in [0.15, 0.2) is 47.4 Å². The highest BCUT2D eigenvalue weighted by atomic mass is 35.5. The lowest BCUT2D eigenvalue weighted by molar-refractivity contribution is 0.222. The molecule has 0 aromatic heterocycles. The van der Waals surface area contributed by atoms with Gasteiger partial charge in [0.2, 0.25) is 0 Å². The average Bonchev–Trinajstić information content (AvgIpc) is 3.17. The zero-order valence-corrected chi connectivity index (χ0v) is 16.3. The van der Waals surface area contributed by atoms with Gasteiger partial charge in [-0.1, -0.05) is 11.6 Å². The molecule has 1 heterocycles. The minimum absolute atomic E-state index is 0.0774. The highest BCUT2D eigenvalue weighted by molar-refractivity contribution is 7.92. The van der Waals surface area contributed by atoms with Gasteiger partial charge in [0, 0.05) is 18.8 Å². The molecule has 0 bridgehead atoms. The number of ether oxygens (including phenoxy) is 1. The number of hydrogen-bond acceptors (Lipinski definition) is 4. The van der Waals surface area contributed by atoms with Crippen LogP contribution in [0.25, 0.3) is 0 Å². The van der Waals surface area contributed by atoms with Gasteiger partial charge < -0.3 is 15.0 Å². The molecule has 2 aromatic rings. The first-order valence-electron chi connectivity index (χ1n) is 8.41. The number of hydrogen-bond donors (Lipinski definition) is 2. The normalized spacial score (nSPS) is 14.1. The molecular formula is C18H20ClN3O4S. The Kier molecular flexibility index (Phi) is 5.76. The number of benzene rings is 2. The van der Waals surface area contributed by atoms with E-state index < -0.39 is 10.0 Å². The lowest BCUT2D eigenvalue weighted by Gasteiger charge is -2.16. The summed E-state index contributed by atoms with van der Waals surface area (Å²) in [6.45, 7) is 1.49. The zero-order valence-electron chi connectivity index (χ0n) is 14.7. The van der Waals surface area contributed by atoms with Crippen LogP contribution in [0.3, 0.4) is 0 Å². The predicted octanol–water partition coefficient (Wildman–Crippen LogP) is 3.78. The molecule has 1 fully saturated rings. The Morgan fingerprint density at radius 1 is 1.07 bits per heavy atom. The third kappa shape index (κ3) is 4.64. The quantitative estimate of drug-likeness (QED) is 0.786. The molecule has 1 aliphatic heterocycles.